The van der Waals surface area contributed by atoms with Crippen LogP contribution in [0.1, 0.15) is 0 Å². The number of hydrogen-bond donors (Lipinski definition) is 1. The Morgan fingerprint density at radius 2 is 1.74 bits per heavy atom. The Hall–Kier alpha value is -2.26. The van der Waals surface area contributed by atoms with Crippen molar-refractivity contribution in [2.24, 2.45) is 0 Å². The van der Waals surface area contributed by atoms with Gasteiger partial charge in [-0.2, -0.15) is 5.10 Å². The molecule has 0 amide bonds. The Labute approximate surface area is 116 Å². The Balaban J connectivity index is 2.07. The van der Waals surface area contributed by atoms with E-state index in [4.69, 9.17) is 17.3 Å². The van der Waals surface area contributed by atoms with Gasteiger partial charge >= 0.3 is 0 Å². The van der Waals surface area contributed by atoms with Crippen molar-refractivity contribution in [3.63, 3.8) is 0 Å². The molecule has 0 aliphatic heterocycles. The van der Waals surface area contributed by atoms with Crippen LogP contribution in [0.3, 0.4) is 0 Å². The molecule has 0 fully saturated rings. The molecule has 1 aromatic heterocycles. The molecule has 3 aromatic rings. The molecule has 0 radical (unpaired) electrons. The largest absolute Gasteiger partial charge is 0.397 e. The summed E-state index contributed by atoms with van der Waals surface area (Å²) in [6.07, 6.45) is 3.73. The lowest BCUT2D eigenvalue weighted by Crippen LogP contribution is -2.00. The summed E-state index contributed by atoms with van der Waals surface area (Å²) < 4.78 is 1.71. The average Bonchev–Trinajstić information content (AvgIpc) is 2.89. The second kappa shape index (κ2) is 4.78. The number of benzene rings is 2. The maximum atomic E-state index is 6.18. The van der Waals surface area contributed by atoms with Crippen LogP contribution >= 0.6 is 11.6 Å². The van der Waals surface area contributed by atoms with Crippen LogP contribution in [-0.4, -0.2) is 9.78 Å². The molecule has 0 spiro atoms. The molecular formula is C15H12ClN3. The summed E-state index contributed by atoms with van der Waals surface area (Å²) in [6, 6.07) is 15.5. The van der Waals surface area contributed by atoms with Crippen LogP contribution in [0.15, 0.2) is 60.9 Å². The molecule has 2 N–H and O–H groups in total. The number of nitrogens with two attached hydrogens (primary N) is 1. The van der Waals surface area contributed by atoms with Gasteiger partial charge in [0.05, 0.1) is 16.9 Å². The maximum Gasteiger partial charge on any atom is 0.106 e. The molecule has 0 saturated carbocycles. The van der Waals surface area contributed by atoms with E-state index in [1.807, 2.05) is 48.7 Å². The minimum absolute atomic E-state index is 0.586. The third-order valence-corrected chi connectivity index (χ3v) is 3.24. The van der Waals surface area contributed by atoms with Gasteiger partial charge in [-0.1, -0.05) is 48.0 Å². The van der Waals surface area contributed by atoms with Gasteiger partial charge in [-0.25, -0.2) is 4.68 Å². The number of nitrogen functional groups attached to an aromatic ring is 1. The van der Waals surface area contributed by atoms with E-state index in [-0.39, 0.29) is 0 Å². The van der Waals surface area contributed by atoms with Gasteiger partial charge in [0.1, 0.15) is 5.69 Å². The van der Waals surface area contributed by atoms with Crippen LogP contribution in [0.4, 0.5) is 5.69 Å². The monoisotopic (exact) mass is 269 g/mol. The summed E-state index contributed by atoms with van der Waals surface area (Å²) in [4.78, 5) is 0. The van der Waals surface area contributed by atoms with Crippen LogP contribution < -0.4 is 5.73 Å². The number of rotatable bonds is 2. The molecule has 0 unspecified atom stereocenters. The van der Waals surface area contributed by atoms with Gasteiger partial charge in [-0.3, -0.25) is 0 Å². The lowest BCUT2D eigenvalue weighted by atomic mass is 10.1. The molecule has 4 heteroatoms. The van der Waals surface area contributed by atoms with Gasteiger partial charge in [-0.15, -0.1) is 0 Å². The lowest BCUT2D eigenvalue weighted by Gasteiger charge is -2.07. The highest BCUT2D eigenvalue weighted by Crippen LogP contribution is 2.27. The fraction of sp³-hybridized carbons (Fsp3) is 0. The van der Waals surface area contributed by atoms with Crippen molar-refractivity contribution in [3.05, 3.63) is 65.9 Å². The summed E-state index contributed by atoms with van der Waals surface area (Å²) in [6.45, 7) is 0. The lowest BCUT2D eigenvalue weighted by molar-refractivity contribution is 0.883. The second-order valence-corrected chi connectivity index (χ2v) is 4.62. The smallest absolute Gasteiger partial charge is 0.106 e. The molecule has 0 aliphatic rings. The van der Waals surface area contributed by atoms with E-state index in [0.29, 0.717) is 16.4 Å². The van der Waals surface area contributed by atoms with E-state index in [2.05, 4.69) is 5.10 Å². The molecule has 19 heavy (non-hydrogen) atoms. The maximum absolute atomic E-state index is 6.18. The first-order valence-corrected chi connectivity index (χ1v) is 6.28. The van der Waals surface area contributed by atoms with Crippen LogP contribution in [-0.2, 0) is 0 Å². The normalized spacial score (nSPS) is 10.6. The summed E-state index contributed by atoms with van der Waals surface area (Å²) in [5.74, 6) is 0. The zero-order valence-electron chi connectivity index (χ0n) is 10.1. The van der Waals surface area contributed by atoms with Crippen LogP contribution in [0.5, 0.6) is 0 Å². The fourth-order valence-electron chi connectivity index (χ4n) is 2.00. The van der Waals surface area contributed by atoms with E-state index in [1.165, 1.54) is 0 Å². The molecule has 0 aliphatic carbocycles. The Kier molecular flexibility index (Phi) is 2.97. The van der Waals surface area contributed by atoms with Gasteiger partial charge < -0.3 is 5.73 Å². The highest BCUT2D eigenvalue weighted by atomic mass is 35.5. The number of nitrogens with zero attached hydrogens (tertiary/aromatic N) is 2. The van der Waals surface area contributed by atoms with Gasteiger partial charge in [0.15, 0.2) is 0 Å². The summed E-state index contributed by atoms with van der Waals surface area (Å²) in [5, 5.41) is 4.92. The second-order valence-electron chi connectivity index (χ2n) is 4.22. The van der Waals surface area contributed by atoms with Crippen LogP contribution in [0, 0.1) is 0 Å². The summed E-state index contributed by atoms with van der Waals surface area (Å²) in [7, 11) is 0. The third kappa shape index (κ3) is 2.20. The molecule has 0 saturated heterocycles. The van der Waals surface area contributed by atoms with E-state index < -0.39 is 0 Å². The molecule has 94 valence electrons. The van der Waals surface area contributed by atoms with E-state index in [1.54, 1.807) is 16.9 Å². The van der Waals surface area contributed by atoms with Crippen molar-refractivity contribution < 1.29 is 0 Å². The van der Waals surface area contributed by atoms with E-state index >= 15 is 0 Å². The quantitative estimate of drug-likeness (QED) is 0.720. The summed E-state index contributed by atoms with van der Waals surface area (Å²) in [5.41, 5.74) is 9.42. The molecule has 0 atom stereocenters. The van der Waals surface area contributed by atoms with Crippen LogP contribution in [0.2, 0.25) is 5.02 Å². The zero-order valence-corrected chi connectivity index (χ0v) is 10.9. The molecule has 0 bridgehead atoms. The molecule has 3 rings (SSSR count). The highest BCUT2D eigenvalue weighted by Gasteiger charge is 2.09. The molecular weight excluding hydrogens is 258 g/mol. The first-order chi connectivity index (χ1) is 9.25. The third-order valence-electron chi connectivity index (χ3n) is 2.94. The van der Waals surface area contributed by atoms with Gasteiger partial charge in [0, 0.05) is 11.8 Å². The minimum Gasteiger partial charge on any atom is -0.397 e. The number of halogens is 1. The van der Waals surface area contributed by atoms with Crippen LogP contribution in [0.25, 0.3) is 16.8 Å². The zero-order chi connectivity index (χ0) is 13.2. The Morgan fingerprint density at radius 3 is 2.47 bits per heavy atom. The van der Waals surface area contributed by atoms with E-state index in [9.17, 15) is 0 Å². The van der Waals surface area contributed by atoms with Crippen molar-refractivity contribution in [1.82, 2.24) is 9.78 Å². The predicted molar refractivity (Wildman–Crippen MR) is 78.4 cm³/mol. The highest BCUT2D eigenvalue weighted by molar-refractivity contribution is 6.32. The number of para-hydroxylation sites is 1. The molecule has 3 nitrogen and oxygen atoms in total. The predicted octanol–water partition coefficient (Wildman–Crippen LogP) is 3.77. The molecule has 2 aromatic carbocycles. The van der Waals surface area contributed by atoms with Crippen molar-refractivity contribution in [2.75, 3.05) is 5.73 Å². The Bertz CT molecular complexity index is 684. The van der Waals surface area contributed by atoms with Crippen molar-refractivity contribution in [2.45, 2.75) is 0 Å². The van der Waals surface area contributed by atoms with Crippen molar-refractivity contribution in [1.29, 1.82) is 0 Å². The van der Waals surface area contributed by atoms with Crippen molar-refractivity contribution >= 4 is 17.3 Å². The van der Waals surface area contributed by atoms with Gasteiger partial charge in [0.2, 0.25) is 0 Å². The van der Waals surface area contributed by atoms with E-state index in [0.717, 1.165) is 11.1 Å². The Morgan fingerprint density at radius 1 is 0.947 bits per heavy atom. The minimum atomic E-state index is 0.586. The van der Waals surface area contributed by atoms with Gasteiger partial charge in [0.25, 0.3) is 0 Å². The first kappa shape index (κ1) is 11.8. The fourth-order valence-corrected chi connectivity index (χ4v) is 2.27. The number of aromatic nitrogens is 2. The first-order valence-electron chi connectivity index (χ1n) is 5.90. The standard InChI is InChI=1S/C15H12ClN3/c16-13-7-4-8-14(17)15(13)19-10-12(9-18-19)11-5-2-1-3-6-11/h1-10H,17H2. The topological polar surface area (TPSA) is 43.8 Å². The molecule has 1 heterocycles. The van der Waals surface area contributed by atoms with Crippen molar-refractivity contribution in [3.8, 4) is 16.8 Å². The SMILES string of the molecule is Nc1cccc(Cl)c1-n1cc(-c2ccccc2)cn1. The average molecular weight is 270 g/mol. The van der Waals surface area contributed by atoms with Gasteiger partial charge in [-0.05, 0) is 17.7 Å². The number of hydrogen-bond acceptors (Lipinski definition) is 2. The summed E-state index contributed by atoms with van der Waals surface area (Å²) >= 11 is 6.18. The number of anilines is 1.